The molecule has 242 valence electrons. The van der Waals surface area contributed by atoms with E-state index in [0.717, 1.165) is 33.7 Å². The molecule has 0 saturated carbocycles. The maximum absolute atomic E-state index is 5.30. The Bertz CT molecular complexity index is 2450. The van der Waals surface area contributed by atoms with Gasteiger partial charge >= 0.3 is 0 Å². The third kappa shape index (κ3) is 4.81. The number of para-hydroxylation sites is 3. The van der Waals surface area contributed by atoms with Gasteiger partial charge in [0.25, 0.3) is 0 Å². The van der Waals surface area contributed by atoms with Gasteiger partial charge in [-0.3, -0.25) is 0 Å². The Kier molecular flexibility index (Phi) is 7.40. The number of aliphatic imine (C=N–C) groups is 2. The van der Waals surface area contributed by atoms with Crippen molar-refractivity contribution >= 4 is 34.3 Å². The van der Waals surface area contributed by atoms with Crippen LogP contribution in [0.1, 0.15) is 45.9 Å². The van der Waals surface area contributed by atoms with Crippen molar-refractivity contribution in [2.24, 2.45) is 9.98 Å². The summed E-state index contributed by atoms with van der Waals surface area (Å²) in [6, 6.07) is 64.4. The van der Waals surface area contributed by atoms with Crippen molar-refractivity contribution in [3.05, 3.63) is 228 Å². The first-order chi connectivity index (χ1) is 25.2. The molecule has 9 rings (SSSR count). The van der Waals surface area contributed by atoms with Gasteiger partial charge in [-0.2, -0.15) is 0 Å². The van der Waals surface area contributed by atoms with E-state index in [2.05, 4.69) is 152 Å². The smallest absolute Gasteiger partial charge is 0.160 e. The fraction of sp³-hybridized carbons (Fsp3) is 0.0417. The molecular formula is C48H35N3. The second-order valence-corrected chi connectivity index (χ2v) is 13.0. The van der Waals surface area contributed by atoms with Crippen LogP contribution in [0.3, 0.4) is 0 Å². The molecule has 1 aliphatic carbocycles. The molecule has 7 aromatic carbocycles. The van der Waals surface area contributed by atoms with Crippen LogP contribution in [0.15, 0.2) is 199 Å². The molecule has 1 heterocycles. The summed E-state index contributed by atoms with van der Waals surface area (Å²) in [6.07, 6.45) is 0. The van der Waals surface area contributed by atoms with E-state index in [-0.39, 0.29) is 0 Å². The van der Waals surface area contributed by atoms with Gasteiger partial charge in [0.1, 0.15) is 0 Å². The van der Waals surface area contributed by atoms with Crippen molar-refractivity contribution in [3.8, 4) is 11.1 Å². The number of hydrogen-bond donors (Lipinski definition) is 0. The molecular weight excluding hydrogens is 619 g/mol. The summed E-state index contributed by atoms with van der Waals surface area (Å²) in [5, 5.41) is 0. The highest BCUT2D eigenvalue weighted by Crippen LogP contribution is 2.63. The second kappa shape index (κ2) is 12.4. The normalized spacial score (nSPS) is 14.0. The highest BCUT2D eigenvalue weighted by molar-refractivity contribution is 6.16. The highest BCUT2D eigenvalue weighted by atomic mass is 15.2. The minimum absolute atomic E-state index is 0.569. The molecule has 1 aliphatic heterocycles. The largest absolute Gasteiger partial charge is 0.310 e. The molecule has 1 spiro atoms. The zero-order chi connectivity index (χ0) is 34.4. The molecule has 3 heteroatoms. The van der Waals surface area contributed by atoms with Gasteiger partial charge in [-0.15, -0.1) is 0 Å². The number of rotatable bonds is 5. The molecule has 0 aromatic heterocycles. The van der Waals surface area contributed by atoms with Crippen LogP contribution in [-0.4, -0.2) is 11.5 Å². The number of amidine groups is 1. The Morgan fingerprint density at radius 1 is 0.490 bits per heavy atom. The molecule has 3 nitrogen and oxygen atoms in total. The second-order valence-electron chi connectivity index (χ2n) is 13.0. The van der Waals surface area contributed by atoms with Crippen LogP contribution in [0.2, 0.25) is 0 Å². The first kappa shape index (κ1) is 30.5. The number of benzene rings is 7. The molecule has 0 amide bonds. The fourth-order valence-corrected chi connectivity index (χ4v) is 8.07. The predicted octanol–water partition coefficient (Wildman–Crippen LogP) is 11.8. The van der Waals surface area contributed by atoms with Gasteiger partial charge in [-0.1, -0.05) is 164 Å². The summed E-state index contributed by atoms with van der Waals surface area (Å²) in [6.45, 7) is 6.48. The molecule has 0 bridgehead atoms. The first-order valence-electron chi connectivity index (χ1n) is 17.4. The van der Waals surface area contributed by atoms with Gasteiger partial charge < -0.3 is 4.90 Å². The van der Waals surface area contributed by atoms with Gasteiger partial charge in [-0.05, 0) is 75.7 Å². The average molecular weight is 654 g/mol. The topological polar surface area (TPSA) is 28.0 Å². The van der Waals surface area contributed by atoms with E-state index in [1.165, 1.54) is 39.2 Å². The van der Waals surface area contributed by atoms with Gasteiger partial charge in [0, 0.05) is 17.0 Å². The molecule has 0 N–H and O–H groups in total. The minimum atomic E-state index is -0.569. The summed E-state index contributed by atoms with van der Waals surface area (Å²) in [5.74, 6) is 0.636. The van der Waals surface area contributed by atoms with E-state index >= 15 is 0 Å². The zero-order valence-electron chi connectivity index (χ0n) is 28.4. The van der Waals surface area contributed by atoms with Crippen molar-refractivity contribution in [3.63, 3.8) is 0 Å². The Morgan fingerprint density at radius 2 is 1.00 bits per heavy atom. The average Bonchev–Trinajstić information content (AvgIpc) is 3.50. The quantitative estimate of drug-likeness (QED) is 0.134. The lowest BCUT2D eigenvalue weighted by atomic mass is 9.64. The van der Waals surface area contributed by atoms with Gasteiger partial charge in [0.15, 0.2) is 5.84 Å². The Balaban J connectivity index is 1.35. The first-order valence-corrected chi connectivity index (χ1v) is 17.4. The lowest BCUT2D eigenvalue weighted by molar-refractivity contribution is 0.752. The molecule has 0 atom stereocenters. The van der Waals surface area contributed by atoms with E-state index in [9.17, 15) is 0 Å². The molecule has 2 aliphatic rings. The molecule has 0 unspecified atom stereocenters. The highest BCUT2D eigenvalue weighted by Gasteiger charge is 2.52. The van der Waals surface area contributed by atoms with Gasteiger partial charge in [0.05, 0.1) is 22.5 Å². The summed E-state index contributed by atoms with van der Waals surface area (Å²) < 4.78 is 0. The van der Waals surface area contributed by atoms with Crippen LogP contribution >= 0.6 is 0 Å². The van der Waals surface area contributed by atoms with Crippen LogP contribution in [-0.2, 0) is 5.41 Å². The van der Waals surface area contributed by atoms with Crippen molar-refractivity contribution in [1.82, 2.24) is 0 Å². The van der Waals surface area contributed by atoms with Crippen LogP contribution in [0.4, 0.5) is 17.1 Å². The molecule has 0 radical (unpaired) electrons. The van der Waals surface area contributed by atoms with Crippen LogP contribution < -0.4 is 4.90 Å². The Labute approximate surface area is 299 Å². The summed E-state index contributed by atoms with van der Waals surface area (Å²) in [4.78, 5) is 12.9. The third-order valence-electron chi connectivity index (χ3n) is 10.2. The van der Waals surface area contributed by atoms with E-state index in [1.54, 1.807) is 0 Å². The van der Waals surface area contributed by atoms with Crippen molar-refractivity contribution < 1.29 is 0 Å². The van der Waals surface area contributed by atoms with E-state index in [1.807, 2.05) is 48.5 Å². The third-order valence-corrected chi connectivity index (χ3v) is 10.2. The molecule has 0 saturated heterocycles. The Hall–Kier alpha value is -6.58. The zero-order valence-corrected chi connectivity index (χ0v) is 28.4. The molecule has 7 aromatic rings. The van der Waals surface area contributed by atoms with Crippen LogP contribution in [0.5, 0.6) is 0 Å². The SMILES string of the molecule is C=C(N=C(N=C(C)c1ccccc1)c1cccc2c1-c1ccccc1C21c2ccccc2N(c2ccccc2)c2ccccc21)c1ccccc1. The number of nitrogens with zero attached hydrogens (tertiary/aromatic N) is 3. The van der Waals surface area contributed by atoms with Gasteiger partial charge in [0.2, 0.25) is 0 Å². The van der Waals surface area contributed by atoms with Crippen molar-refractivity contribution in [2.75, 3.05) is 4.90 Å². The fourth-order valence-electron chi connectivity index (χ4n) is 8.07. The predicted molar refractivity (Wildman–Crippen MR) is 213 cm³/mol. The number of anilines is 3. The standard InChI is InChI=1S/C48H35N3/c1-33(35-19-6-3-7-20-35)49-47(50-34(2)36-21-8-4-9-22-36)39-26-18-30-43-46(39)38-25-12-13-27-40(38)48(43)41-28-14-16-31-44(41)51(37-23-10-5-11-24-37)45-32-17-15-29-42(45)48/h3-32H,1H2,2H3. The summed E-state index contributed by atoms with van der Waals surface area (Å²) >= 11 is 0. The molecule has 0 fully saturated rings. The maximum Gasteiger partial charge on any atom is 0.160 e. The summed E-state index contributed by atoms with van der Waals surface area (Å²) in [5.41, 5.74) is 14.7. The van der Waals surface area contributed by atoms with E-state index in [4.69, 9.17) is 9.98 Å². The number of hydrogen-bond acceptors (Lipinski definition) is 2. The lowest BCUT2D eigenvalue weighted by Gasteiger charge is -2.45. The van der Waals surface area contributed by atoms with E-state index < -0.39 is 5.41 Å². The summed E-state index contributed by atoms with van der Waals surface area (Å²) in [7, 11) is 0. The van der Waals surface area contributed by atoms with E-state index in [0.29, 0.717) is 11.5 Å². The maximum atomic E-state index is 5.30. The minimum Gasteiger partial charge on any atom is -0.310 e. The van der Waals surface area contributed by atoms with Crippen LogP contribution in [0.25, 0.3) is 16.8 Å². The number of fused-ring (bicyclic) bond motifs is 9. The Morgan fingerprint density at radius 3 is 1.65 bits per heavy atom. The van der Waals surface area contributed by atoms with Crippen molar-refractivity contribution in [2.45, 2.75) is 12.3 Å². The van der Waals surface area contributed by atoms with Crippen LogP contribution in [0, 0.1) is 0 Å². The monoisotopic (exact) mass is 653 g/mol. The lowest BCUT2D eigenvalue weighted by Crippen LogP contribution is -2.36. The van der Waals surface area contributed by atoms with Crippen molar-refractivity contribution in [1.29, 1.82) is 0 Å². The van der Waals surface area contributed by atoms with Gasteiger partial charge in [-0.25, -0.2) is 9.98 Å². The molecule has 51 heavy (non-hydrogen) atoms.